The lowest BCUT2D eigenvalue weighted by Gasteiger charge is -2.30. The molecule has 0 saturated heterocycles. The summed E-state index contributed by atoms with van der Waals surface area (Å²) in [7, 11) is 0. The second kappa shape index (κ2) is 6.08. The molecule has 0 spiro atoms. The summed E-state index contributed by atoms with van der Waals surface area (Å²) in [5.74, 6) is 0.856. The highest BCUT2D eigenvalue weighted by atomic mass is 32.2. The first-order valence-electron chi connectivity index (χ1n) is 8.20. The lowest BCUT2D eigenvalue weighted by molar-refractivity contribution is -0.114. The number of fused-ring (bicyclic) bond motifs is 3. The molecular weight excluding hydrogens is 330 g/mol. The van der Waals surface area contributed by atoms with E-state index in [1.165, 1.54) is 4.90 Å². The number of nitrogens with one attached hydrogen (secondary N) is 1. The molecule has 126 valence electrons. The van der Waals surface area contributed by atoms with Crippen LogP contribution in [0.4, 0.5) is 5.95 Å². The Bertz CT molecular complexity index is 1000. The van der Waals surface area contributed by atoms with Crippen molar-refractivity contribution in [2.75, 3.05) is 11.6 Å². The number of allylic oxidation sites excluding steroid dienone is 2. The summed E-state index contributed by atoms with van der Waals surface area (Å²) < 4.78 is 2.13. The number of carbonyl (C=O) groups excluding carboxylic acids is 1. The van der Waals surface area contributed by atoms with Gasteiger partial charge in [0.15, 0.2) is 5.78 Å². The zero-order valence-electron chi connectivity index (χ0n) is 14.4. The zero-order chi connectivity index (χ0) is 17.6. The summed E-state index contributed by atoms with van der Waals surface area (Å²) in [5, 5.41) is 3.31. The van der Waals surface area contributed by atoms with E-state index >= 15 is 0 Å². The van der Waals surface area contributed by atoms with Crippen molar-refractivity contribution in [2.45, 2.75) is 24.8 Å². The number of imidazole rings is 1. The lowest BCUT2D eigenvalue weighted by Crippen LogP contribution is -2.26. The van der Waals surface area contributed by atoms with Crippen molar-refractivity contribution in [3.05, 3.63) is 65.4 Å². The average molecular weight is 349 g/mol. The second-order valence-corrected chi connectivity index (χ2v) is 7.07. The molecule has 0 amide bonds. The van der Waals surface area contributed by atoms with Crippen LogP contribution in [-0.2, 0) is 4.79 Å². The Kier molecular flexibility index (Phi) is 3.88. The molecule has 5 heteroatoms. The van der Waals surface area contributed by atoms with Crippen molar-refractivity contribution in [1.29, 1.82) is 0 Å². The van der Waals surface area contributed by atoms with Crippen LogP contribution in [0.5, 0.6) is 0 Å². The smallest absolute Gasteiger partial charge is 0.209 e. The van der Waals surface area contributed by atoms with Gasteiger partial charge in [0.2, 0.25) is 5.95 Å². The number of para-hydroxylation sites is 2. The van der Waals surface area contributed by atoms with Gasteiger partial charge < -0.3 is 5.32 Å². The number of aromatic nitrogens is 2. The van der Waals surface area contributed by atoms with Crippen molar-refractivity contribution in [1.82, 2.24) is 9.55 Å². The number of benzene rings is 2. The van der Waals surface area contributed by atoms with Gasteiger partial charge in [-0.2, -0.15) is 0 Å². The van der Waals surface area contributed by atoms with Gasteiger partial charge >= 0.3 is 0 Å². The Morgan fingerprint density at radius 3 is 2.56 bits per heavy atom. The molecule has 3 aromatic rings. The Balaban J connectivity index is 1.98. The maximum absolute atomic E-state index is 12.4. The molecule has 0 radical (unpaired) electrons. The number of ketones is 1. The molecule has 0 bridgehead atoms. The van der Waals surface area contributed by atoms with Crippen LogP contribution in [0.1, 0.15) is 25.5 Å². The van der Waals surface area contributed by atoms with Crippen molar-refractivity contribution in [3.63, 3.8) is 0 Å². The van der Waals surface area contributed by atoms with E-state index in [2.05, 4.69) is 46.5 Å². The Morgan fingerprint density at radius 2 is 1.88 bits per heavy atom. The van der Waals surface area contributed by atoms with Crippen LogP contribution in [0.2, 0.25) is 0 Å². The molecular formula is C20H19N3OS. The topological polar surface area (TPSA) is 46.9 Å². The van der Waals surface area contributed by atoms with Gasteiger partial charge in [0.1, 0.15) is 0 Å². The molecule has 0 saturated carbocycles. The zero-order valence-corrected chi connectivity index (χ0v) is 15.2. The van der Waals surface area contributed by atoms with E-state index in [1.54, 1.807) is 18.7 Å². The fourth-order valence-electron chi connectivity index (χ4n) is 3.52. The molecule has 4 rings (SSSR count). The van der Waals surface area contributed by atoms with Gasteiger partial charge in [-0.15, -0.1) is 11.8 Å². The van der Waals surface area contributed by atoms with Gasteiger partial charge in [0.25, 0.3) is 0 Å². The van der Waals surface area contributed by atoms with Crippen LogP contribution >= 0.6 is 11.8 Å². The minimum atomic E-state index is -0.169. The minimum absolute atomic E-state index is 0.0763. The van der Waals surface area contributed by atoms with Gasteiger partial charge in [0, 0.05) is 16.2 Å². The maximum Gasteiger partial charge on any atom is 0.209 e. The van der Waals surface area contributed by atoms with E-state index in [0.29, 0.717) is 0 Å². The molecule has 1 unspecified atom stereocenters. The number of nitrogens with zero attached hydrogens (tertiary/aromatic N) is 2. The van der Waals surface area contributed by atoms with Crippen molar-refractivity contribution >= 4 is 34.5 Å². The minimum Gasteiger partial charge on any atom is -0.329 e. The lowest BCUT2D eigenvalue weighted by atomic mass is 9.92. The van der Waals surface area contributed by atoms with E-state index in [4.69, 9.17) is 4.98 Å². The molecule has 1 aliphatic rings. The van der Waals surface area contributed by atoms with E-state index in [-0.39, 0.29) is 11.8 Å². The quantitative estimate of drug-likeness (QED) is 0.700. The van der Waals surface area contributed by atoms with E-state index in [0.717, 1.165) is 33.8 Å². The van der Waals surface area contributed by atoms with E-state index < -0.39 is 0 Å². The molecule has 4 nitrogen and oxygen atoms in total. The van der Waals surface area contributed by atoms with Gasteiger partial charge in [0.05, 0.1) is 17.1 Å². The third kappa shape index (κ3) is 2.55. The van der Waals surface area contributed by atoms with Gasteiger partial charge in [-0.1, -0.05) is 24.3 Å². The van der Waals surface area contributed by atoms with Gasteiger partial charge in [-0.3, -0.25) is 9.36 Å². The first kappa shape index (κ1) is 16.0. The third-order valence-corrected chi connectivity index (χ3v) is 5.39. The molecule has 0 aliphatic carbocycles. The van der Waals surface area contributed by atoms with Crippen LogP contribution in [0, 0.1) is 0 Å². The van der Waals surface area contributed by atoms with E-state index in [9.17, 15) is 4.79 Å². The molecule has 0 fully saturated rings. The summed E-state index contributed by atoms with van der Waals surface area (Å²) in [5.41, 5.74) is 4.69. The highest BCUT2D eigenvalue weighted by molar-refractivity contribution is 7.98. The third-order valence-electron chi connectivity index (χ3n) is 4.64. The Morgan fingerprint density at radius 1 is 1.16 bits per heavy atom. The molecule has 2 heterocycles. The SMILES string of the molecule is CSc1ccc(C2C(C(C)=O)=C(C)Nc3nc4ccccc4n32)cc1. The van der Waals surface area contributed by atoms with Crippen LogP contribution in [-0.4, -0.2) is 21.6 Å². The number of Topliss-reactive ketones (excluding diaryl/α,β-unsaturated/α-hetero) is 1. The summed E-state index contributed by atoms with van der Waals surface area (Å²) in [4.78, 5) is 18.4. The number of carbonyl (C=O) groups is 1. The van der Waals surface area contributed by atoms with Crippen LogP contribution in [0.15, 0.2) is 64.7 Å². The molecule has 25 heavy (non-hydrogen) atoms. The molecule has 1 aliphatic heterocycles. The predicted molar refractivity (Wildman–Crippen MR) is 103 cm³/mol. The highest BCUT2D eigenvalue weighted by Crippen LogP contribution is 2.39. The monoisotopic (exact) mass is 349 g/mol. The second-order valence-electron chi connectivity index (χ2n) is 6.19. The normalized spacial score (nSPS) is 16.7. The number of rotatable bonds is 3. The number of hydrogen-bond donors (Lipinski definition) is 1. The molecule has 1 aromatic heterocycles. The number of thioether (sulfide) groups is 1. The maximum atomic E-state index is 12.4. The van der Waals surface area contributed by atoms with Crippen molar-refractivity contribution in [2.24, 2.45) is 0 Å². The first-order chi connectivity index (χ1) is 12.1. The van der Waals surface area contributed by atoms with Crippen molar-refractivity contribution < 1.29 is 4.79 Å². The average Bonchev–Trinajstić information content (AvgIpc) is 2.98. The van der Waals surface area contributed by atoms with Crippen molar-refractivity contribution in [3.8, 4) is 0 Å². The van der Waals surface area contributed by atoms with E-state index in [1.807, 2.05) is 25.1 Å². The Hall–Kier alpha value is -2.53. The van der Waals surface area contributed by atoms with Gasteiger partial charge in [-0.25, -0.2) is 4.98 Å². The Labute approximate surface area is 151 Å². The standard InChI is InChI=1S/C20H19N3OS/c1-12-18(13(2)24)19(14-8-10-15(25-3)11-9-14)23-17-7-5-4-6-16(17)22-20(23)21-12/h4-11,19H,1-3H3,(H,21,22). The molecule has 2 aromatic carbocycles. The summed E-state index contributed by atoms with van der Waals surface area (Å²) in [6.45, 7) is 3.58. The molecule has 1 N–H and O–H groups in total. The summed E-state index contributed by atoms with van der Waals surface area (Å²) in [6.07, 6.45) is 2.06. The number of hydrogen-bond acceptors (Lipinski definition) is 4. The van der Waals surface area contributed by atoms with Crippen LogP contribution in [0.3, 0.4) is 0 Å². The van der Waals surface area contributed by atoms with Gasteiger partial charge in [-0.05, 0) is 49.9 Å². The fourth-order valence-corrected chi connectivity index (χ4v) is 3.93. The first-order valence-corrected chi connectivity index (χ1v) is 9.42. The highest BCUT2D eigenvalue weighted by Gasteiger charge is 2.32. The largest absolute Gasteiger partial charge is 0.329 e. The summed E-state index contributed by atoms with van der Waals surface area (Å²) in [6, 6.07) is 16.3. The number of anilines is 1. The van der Waals surface area contributed by atoms with Crippen LogP contribution < -0.4 is 5.32 Å². The summed E-state index contributed by atoms with van der Waals surface area (Å²) >= 11 is 1.71. The molecule has 1 atom stereocenters. The van der Waals surface area contributed by atoms with Crippen LogP contribution in [0.25, 0.3) is 11.0 Å². The predicted octanol–water partition coefficient (Wildman–Crippen LogP) is 4.64. The fraction of sp³-hybridized carbons (Fsp3) is 0.200.